The molecule has 0 atom stereocenters. The second kappa shape index (κ2) is 8.31. The first-order valence-electron chi connectivity index (χ1n) is 8.77. The van der Waals surface area contributed by atoms with Crippen LogP contribution in [0.25, 0.3) is 6.08 Å². The molecule has 0 saturated carbocycles. The number of rotatable bonds is 5. The van der Waals surface area contributed by atoms with E-state index < -0.39 is 17.1 Å². The number of amides is 3. The number of hydrogen-bond donors (Lipinski definition) is 2. The third kappa shape index (κ3) is 4.61. The lowest BCUT2D eigenvalue weighted by Gasteiger charge is -2.13. The lowest BCUT2D eigenvalue weighted by molar-refractivity contribution is -0.127. The zero-order valence-electron chi connectivity index (χ0n) is 15.5. The highest BCUT2D eigenvalue weighted by Gasteiger charge is 2.36. The molecule has 0 spiro atoms. The summed E-state index contributed by atoms with van der Waals surface area (Å²) in [5.41, 5.74) is 2.45. The van der Waals surface area contributed by atoms with E-state index in [1.165, 1.54) is 12.1 Å². The number of carbonyl (C=O) groups excluding carboxylic acids is 3. The molecule has 0 unspecified atom stereocenters. The van der Waals surface area contributed by atoms with Crippen LogP contribution >= 0.6 is 11.8 Å². The summed E-state index contributed by atoms with van der Waals surface area (Å²) in [4.78, 5) is 38.1. The van der Waals surface area contributed by atoms with E-state index in [4.69, 9.17) is 0 Å². The number of nitrogens with zero attached hydrogens (tertiary/aromatic N) is 1. The topological polar surface area (TPSA) is 86.7 Å². The van der Waals surface area contributed by atoms with Crippen molar-refractivity contribution < 1.29 is 19.5 Å². The van der Waals surface area contributed by atoms with Gasteiger partial charge >= 0.3 is 0 Å². The van der Waals surface area contributed by atoms with Crippen LogP contribution in [0.4, 0.5) is 10.5 Å². The van der Waals surface area contributed by atoms with Crippen LogP contribution in [0, 0.1) is 0 Å². The van der Waals surface area contributed by atoms with Gasteiger partial charge in [-0.25, -0.2) is 0 Å². The fourth-order valence-electron chi connectivity index (χ4n) is 2.65. The highest BCUT2D eigenvalue weighted by molar-refractivity contribution is 8.18. The number of phenolic OH excluding ortho intramolecular Hbond substituents is 1. The zero-order chi connectivity index (χ0) is 20.3. The Kier molecular flexibility index (Phi) is 5.84. The van der Waals surface area contributed by atoms with Gasteiger partial charge in [-0.2, -0.15) is 0 Å². The average molecular weight is 396 g/mol. The molecule has 2 aromatic rings. The number of phenols is 1. The Hall–Kier alpha value is -3.06. The Labute approximate surface area is 167 Å². The van der Waals surface area contributed by atoms with Crippen molar-refractivity contribution >= 4 is 40.6 Å². The average Bonchev–Trinajstić information content (AvgIpc) is 2.91. The molecule has 6 nitrogen and oxygen atoms in total. The molecule has 28 heavy (non-hydrogen) atoms. The van der Waals surface area contributed by atoms with Gasteiger partial charge in [0.15, 0.2) is 0 Å². The summed E-state index contributed by atoms with van der Waals surface area (Å²) in [6.45, 7) is 3.82. The fourth-order valence-corrected chi connectivity index (χ4v) is 3.49. The van der Waals surface area contributed by atoms with Crippen molar-refractivity contribution in [2.24, 2.45) is 0 Å². The Morgan fingerprint density at radius 1 is 1.11 bits per heavy atom. The summed E-state index contributed by atoms with van der Waals surface area (Å²) in [6.07, 6.45) is 1.56. The molecular weight excluding hydrogens is 376 g/mol. The van der Waals surface area contributed by atoms with Crippen molar-refractivity contribution in [3.63, 3.8) is 0 Å². The van der Waals surface area contributed by atoms with Crippen molar-refractivity contribution in [3.05, 3.63) is 64.6 Å². The van der Waals surface area contributed by atoms with Gasteiger partial charge in [-0.1, -0.05) is 38.1 Å². The molecule has 0 aliphatic carbocycles. The molecule has 1 aliphatic rings. The molecule has 3 rings (SSSR count). The number of nitrogens with one attached hydrogen (secondary N) is 1. The maximum atomic E-state index is 12.5. The summed E-state index contributed by atoms with van der Waals surface area (Å²) in [5.74, 6) is -0.442. The van der Waals surface area contributed by atoms with Crippen molar-refractivity contribution in [3.8, 4) is 5.75 Å². The SMILES string of the molecule is CC(C)c1ccc(NC(=O)CN2C(=O)S/C(=C/c3ccc(O)cc3)C2=O)cc1. The Morgan fingerprint density at radius 2 is 1.75 bits per heavy atom. The molecular formula is C21H20N2O4S. The number of carbonyl (C=O) groups is 3. The normalized spacial score (nSPS) is 15.5. The number of aromatic hydroxyl groups is 1. The Morgan fingerprint density at radius 3 is 2.36 bits per heavy atom. The van der Waals surface area contributed by atoms with Crippen LogP contribution < -0.4 is 5.32 Å². The molecule has 2 aromatic carbocycles. The van der Waals surface area contributed by atoms with Gasteiger partial charge in [-0.3, -0.25) is 19.3 Å². The molecule has 3 amide bonds. The largest absolute Gasteiger partial charge is 0.508 e. The van der Waals surface area contributed by atoms with Crippen molar-refractivity contribution in [1.29, 1.82) is 0 Å². The second-order valence-electron chi connectivity index (χ2n) is 6.68. The van der Waals surface area contributed by atoms with E-state index in [2.05, 4.69) is 19.2 Å². The number of benzene rings is 2. The van der Waals surface area contributed by atoms with Gasteiger partial charge in [0.1, 0.15) is 12.3 Å². The minimum Gasteiger partial charge on any atom is -0.508 e. The van der Waals surface area contributed by atoms with Gasteiger partial charge in [0.2, 0.25) is 5.91 Å². The lowest BCUT2D eigenvalue weighted by atomic mass is 10.0. The number of hydrogen-bond acceptors (Lipinski definition) is 5. The molecule has 1 fully saturated rings. The first kappa shape index (κ1) is 19.7. The maximum Gasteiger partial charge on any atom is 0.294 e. The predicted molar refractivity (Wildman–Crippen MR) is 110 cm³/mol. The minimum absolute atomic E-state index is 0.114. The standard InChI is InChI=1S/C21H20N2O4S/c1-13(2)15-5-7-16(8-6-15)22-19(25)12-23-20(26)18(28-21(23)27)11-14-3-9-17(24)10-4-14/h3-11,13,24H,12H2,1-2H3,(H,22,25)/b18-11+. The monoisotopic (exact) mass is 396 g/mol. The summed E-state index contributed by atoms with van der Waals surface area (Å²) in [7, 11) is 0. The van der Waals surface area contributed by atoms with Crippen LogP contribution in [0.1, 0.15) is 30.9 Å². The first-order chi connectivity index (χ1) is 13.3. The quantitative estimate of drug-likeness (QED) is 0.740. The summed E-state index contributed by atoms with van der Waals surface area (Å²) >= 11 is 0.790. The molecule has 0 radical (unpaired) electrons. The Bertz CT molecular complexity index is 934. The highest BCUT2D eigenvalue weighted by atomic mass is 32.2. The van der Waals surface area contributed by atoms with Crippen LogP contribution in [0.3, 0.4) is 0 Å². The van der Waals surface area contributed by atoms with Gasteiger partial charge in [-0.05, 0) is 59.1 Å². The predicted octanol–water partition coefficient (Wildman–Crippen LogP) is 4.19. The minimum atomic E-state index is -0.506. The van der Waals surface area contributed by atoms with Crippen LogP contribution in [-0.4, -0.2) is 33.6 Å². The zero-order valence-corrected chi connectivity index (χ0v) is 16.3. The van der Waals surface area contributed by atoms with Gasteiger partial charge in [-0.15, -0.1) is 0 Å². The van der Waals surface area contributed by atoms with E-state index in [1.807, 2.05) is 12.1 Å². The van der Waals surface area contributed by atoms with Gasteiger partial charge in [0.25, 0.3) is 11.1 Å². The van der Waals surface area contributed by atoms with E-state index in [0.717, 1.165) is 22.2 Å². The van der Waals surface area contributed by atoms with E-state index in [9.17, 15) is 19.5 Å². The van der Waals surface area contributed by atoms with Crippen molar-refractivity contribution in [2.45, 2.75) is 19.8 Å². The molecule has 2 N–H and O–H groups in total. The summed E-state index contributed by atoms with van der Waals surface area (Å²) in [5, 5.41) is 11.5. The van der Waals surface area contributed by atoms with E-state index in [1.54, 1.807) is 30.3 Å². The van der Waals surface area contributed by atoms with Crippen molar-refractivity contribution in [2.75, 3.05) is 11.9 Å². The number of imide groups is 1. The molecule has 0 aromatic heterocycles. The second-order valence-corrected chi connectivity index (χ2v) is 7.68. The van der Waals surface area contributed by atoms with Gasteiger partial charge < -0.3 is 10.4 Å². The van der Waals surface area contributed by atoms with Crippen molar-refractivity contribution in [1.82, 2.24) is 4.90 Å². The lowest BCUT2D eigenvalue weighted by Crippen LogP contribution is -2.36. The Balaban J connectivity index is 1.65. The van der Waals surface area contributed by atoms with Crippen LogP contribution in [0.2, 0.25) is 0 Å². The number of anilines is 1. The van der Waals surface area contributed by atoms with Crippen LogP contribution in [0.5, 0.6) is 5.75 Å². The summed E-state index contributed by atoms with van der Waals surface area (Å²) in [6, 6.07) is 13.7. The molecule has 1 aliphatic heterocycles. The highest BCUT2D eigenvalue weighted by Crippen LogP contribution is 2.32. The van der Waals surface area contributed by atoms with E-state index in [-0.39, 0.29) is 17.2 Å². The van der Waals surface area contributed by atoms with E-state index >= 15 is 0 Å². The fraction of sp³-hybridized carbons (Fsp3) is 0.190. The van der Waals surface area contributed by atoms with Crippen LogP contribution in [0.15, 0.2) is 53.4 Å². The van der Waals surface area contributed by atoms with Gasteiger partial charge in [0, 0.05) is 5.69 Å². The third-order valence-electron chi connectivity index (χ3n) is 4.23. The van der Waals surface area contributed by atoms with Gasteiger partial charge in [0.05, 0.1) is 4.91 Å². The van der Waals surface area contributed by atoms with E-state index in [0.29, 0.717) is 17.2 Å². The third-order valence-corrected chi connectivity index (χ3v) is 5.13. The molecule has 1 heterocycles. The summed E-state index contributed by atoms with van der Waals surface area (Å²) < 4.78 is 0. The van der Waals surface area contributed by atoms with Crippen LogP contribution in [-0.2, 0) is 9.59 Å². The smallest absolute Gasteiger partial charge is 0.294 e. The molecule has 1 saturated heterocycles. The molecule has 144 valence electrons. The number of thioether (sulfide) groups is 1. The first-order valence-corrected chi connectivity index (χ1v) is 9.59. The maximum absolute atomic E-state index is 12.5. The molecule has 0 bridgehead atoms. The molecule has 7 heteroatoms.